The molecule has 156 valence electrons. The average Bonchev–Trinajstić information content (AvgIpc) is 3.26. The summed E-state index contributed by atoms with van der Waals surface area (Å²) in [5.41, 5.74) is 2.70. The standard InChI is InChI=1S/C23H26N4O3/c1-3-13-30-21-14-17(2)7-8-20(21)26-23(29)18-5-4-6-19(15-18)25-22(28)9-11-27-12-10-24-16-27/h4-8,10,12,14-16H,3,9,11,13H2,1-2H3,(H,25,28)(H,26,29). The highest BCUT2D eigenvalue weighted by atomic mass is 16.5. The first-order valence-electron chi connectivity index (χ1n) is 9.95. The smallest absolute Gasteiger partial charge is 0.255 e. The quantitative estimate of drug-likeness (QED) is 0.556. The summed E-state index contributed by atoms with van der Waals surface area (Å²) < 4.78 is 7.60. The molecule has 0 saturated carbocycles. The predicted molar refractivity (Wildman–Crippen MR) is 117 cm³/mol. The summed E-state index contributed by atoms with van der Waals surface area (Å²) in [7, 11) is 0. The minimum absolute atomic E-state index is 0.130. The Morgan fingerprint density at radius 3 is 2.77 bits per heavy atom. The van der Waals surface area contributed by atoms with Gasteiger partial charge in [-0.3, -0.25) is 9.59 Å². The molecule has 0 saturated heterocycles. The molecule has 30 heavy (non-hydrogen) atoms. The SMILES string of the molecule is CCCOc1cc(C)ccc1NC(=O)c1cccc(NC(=O)CCn2ccnc2)c1. The average molecular weight is 406 g/mol. The van der Waals surface area contributed by atoms with Gasteiger partial charge in [0.05, 0.1) is 18.6 Å². The zero-order valence-corrected chi connectivity index (χ0v) is 17.2. The minimum atomic E-state index is -0.269. The highest BCUT2D eigenvalue weighted by molar-refractivity contribution is 6.06. The number of amides is 2. The van der Waals surface area contributed by atoms with Crippen LogP contribution in [0.25, 0.3) is 0 Å². The number of hydrogen-bond acceptors (Lipinski definition) is 4. The van der Waals surface area contributed by atoms with Crippen molar-refractivity contribution in [1.82, 2.24) is 9.55 Å². The van der Waals surface area contributed by atoms with Gasteiger partial charge in [-0.2, -0.15) is 0 Å². The number of imidazole rings is 1. The molecule has 1 aromatic heterocycles. The van der Waals surface area contributed by atoms with Gasteiger partial charge < -0.3 is 19.9 Å². The summed E-state index contributed by atoms with van der Waals surface area (Å²) >= 11 is 0. The second kappa shape index (κ2) is 10.2. The summed E-state index contributed by atoms with van der Waals surface area (Å²) in [6.45, 7) is 5.12. The monoisotopic (exact) mass is 406 g/mol. The lowest BCUT2D eigenvalue weighted by Crippen LogP contribution is -2.16. The van der Waals surface area contributed by atoms with E-state index in [1.807, 2.05) is 42.8 Å². The lowest BCUT2D eigenvalue weighted by molar-refractivity contribution is -0.116. The maximum Gasteiger partial charge on any atom is 0.255 e. The molecule has 0 unspecified atom stereocenters. The van der Waals surface area contributed by atoms with E-state index in [1.54, 1.807) is 36.8 Å². The molecular weight excluding hydrogens is 380 g/mol. The van der Waals surface area contributed by atoms with Crippen molar-refractivity contribution in [2.24, 2.45) is 0 Å². The second-order valence-electron chi connectivity index (χ2n) is 6.98. The third-order valence-electron chi connectivity index (χ3n) is 4.41. The molecule has 7 nitrogen and oxygen atoms in total. The van der Waals surface area contributed by atoms with Gasteiger partial charge in [0, 0.05) is 36.6 Å². The normalized spacial score (nSPS) is 10.5. The molecule has 2 N–H and O–H groups in total. The van der Waals surface area contributed by atoms with Gasteiger partial charge in [-0.1, -0.05) is 19.1 Å². The van der Waals surface area contributed by atoms with Crippen molar-refractivity contribution in [3.05, 3.63) is 72.3 Å². The van der Waals surface area contributed by atoms with E-state index in [1.165, 1.54) is 0 Å². The first-order valence-corrected chi connectivity index (χ1v) is 9.95. The van der Waals surface area contributed by atoms with E-state index in [-0.39, 0.29) is 11.8 Å². The van der Waals surface area contributed by atoms with E-state index < -0.39 is 0 Å². The zero-order valence-electron chi connectivity index (χ0n) is 17.2. The van der Waals surface area contributed by atoms with E-state index in [2.05, 4.69) is 15.6 Å². The Morgan fingerprint density at radius 2 is 2.00 bits per heavy atom. The number of nitrogens with one attached hydrogen (secondary N) is 2. The number of hydrogen-bond donors (Lipinski definition) is 2. The van der Waals surface area contributed by atoms with Crippen LogP contribution in [0.4, 0.5) is 11.4 Å². The molecule has 0 aliphatic heterocycles. The van der Waals surface area contributed by atoms with Crippen molar-refractivity contribution in [3.63, 3.8) is 0 Å². The first kappa shape index (κ1) is 21.1. The fraction of sp³-hybridized carbons (Fsp3) is 0.261. The molecule has 7 heteroatoms. The summed E-state index contributed by atoms with van der Waals surface area (Å²) in [5, 5.41) is 5.73. The van der Waals surface area contributed by atoms with Crippen LogP contribution in [0.3, 0.4) is 0 Å². The Bertz CT molecular complexity index is 999. The van der Waals surface area contributed by atoms with E-state index >= 15 is 0 Å². The number of carbonyl (C=O) groups is 2. The number of aromatic nitrogens is 2. The number of ether oxygens (including phenoxy) is 1. The molecular formula is C23H26N4O3. The molecule has 0 bridgehead atoms. The Hall–Kier alpha value is -3.61. The second-order valence-corrected chi connectivity index (χ2v) is 6.98. The van der Waals surface area contributed by atoms with Crippen LogP contribution in [-0.4, -0.2) is 28.0 Å². The number of anilines is 2. The van der Waals surface area contributed by atoms with Gasteiger partial charge in [0.2, 0.25) is 5.91 Å². The third kappa shape index (κ3) is 5.94. The van der Waals surface area contributed by atoms with E-state index in [9.17, 15) is 9.59 Å². The van der Waals surface area contributed by atoms with Crippen molar-refractivity contribution in [1.29, 1.82) is 0 Å². The number of rotatable bonds is 9. The fourth-order valence-electron chi connectivity index (χ4n) is 2.87. The molecule has 0 radical (unpaired) electrons. The van der Waals surface area contributed by atoms with Crippen LogP contribution in [0.2, 0.25) is 0 Å². The third-order valence-corrected chi connectivity index (χ3v) is 4.41. The first-order chi connectivity index (χ1) is 14.5. The molecule has 2 aromatic carbocycles. The summed E-state index contributed by atoms with van der Waals surface area (Å²) in [4.78, 5) is 28.9. The molecule has 0 spiro atoms. The Morgan fingerprint density at radius 1 is 1.13 bits per heavy atom. The predicted octanol–water partition coefficient (Wildman–Crippen LogP) is 4.26. The van der Waals surface area contributed by atoms with Gasteiger partial charge in [0.25, 0.3) is 5.91 Å². The van der Waals surface area contributed by atoms with E-state index in [0.717, 1.165) is 12.0 Å². The highest BCUT2D eigenvalue weighted by Gasteiger charge is 2.12. The van der Waals surface area contributed by atoms with Crippen LogP contribution in [-0.2, 0) is 11.3 Å². The molecule has 0 fully saturated rings. The van der Waals surface area contributed by atoms with Crippen molar-refractivity contribution in [2.75, 3.05) is 17.2 Å². The largest absolute Gasteiger partial charge is 0.491 e. The van der Waals surface area contributed by atoms with Crippen LogP contribution in [0.1, 0.15) is 35.7 Å². The van der Waals surface area contributed by atoms with E-state index in [0.29, 0.717) is 42.3 Å². The van der Waals surface area contributed by atoms with E-state index in [4.69, 9.17) is 4.74 Å². The Balaban J connectivity index is 1.64. The van der Waals surface area contributed by atoms with Crippen LogP contribution in [0.5, 0.6) is 5.75 Å². The van der Waals surface area contributed by atoms with Crippen LogP contribution in [0, 0.1) is 6.92 Å². The molecule has 0 atom stereocenters. The lowest BCUT2D eigenvalue weighted by Gasteiger charge is -2.13. The minimum Gasteiger partial charge on any atom is -0.491 e. The van der Waals surface area contributed by atoms with Crippen LogP contribution >= 0.6 is 0 Å². The molecule has 2 amide bonds. The Labute approximate surface area is 176 Å². The summed E-state index contributed by atoms with van der Waals surface area (Å²) in [6, 6.07) is 12.5. The van der Waals surface area contributed by atoms with Gasteiger partial charge in [-0.15, -0.1) is 0 Å². The van der Waals surface area contributed by atoms with Crippen molar-refractivity contribution in [2.45, 2.75) is 33.2 Å². The molecule has 3 aromatic rings. The van der Waals surface area contributed by atoms with Crippen molar-refractivity contribution in [3.8, 4) is 5.75 Å². The van der Waals surface area contributed by atoms with Crippen LogP contribution in [0.15, 0.2) is 61.2 Å². The summed E-state index contributed by atoms with van der Waals surface area (Å²) in [5.74, 6) is 0.249. The van der Waals surface area contributed by atoms with Crippen molar-refractivity contribution >= 4 is 23.2 Å². The van der Waals surface area contributed by atoms with Crippen LogP contribution < -0.4 is 15.4 Å². The zero-order chi connectivity index (χ0) is 21.3. The van der Waals surface area contributed by atoms with Gasteiger partial charge in [0.15, 0.2) is 0 Å². The Kier molecular flexibility index (Phi) is 7.21. The van der Waals surface area contributed by atoms with Gasteiger partial charge in [-0.25, -0.2) is 4.98 Å². The van der Waals surface area contributed by atoms with Gasteiger partial charge >= 0.3 is 0 Å². The van der Waals surface area contributed by atoms with Gasteiger partial charge in [-0.05, 0) is 49.2 Å². The molecule has 3 rings (SSSR count). The topological polar surface area (TPSA) is 85.3 Å². The molecule has 0 aliphatic carbocycles. The number of nitrogens with zero attached hydrogens (tertiary/aromatic N) is 2. The lowest BCUT2D eigenvalue weighted by atomic mass is 10.1. The number of carbonyl (C=O) groups excluding carboxylic acids is 2. The maximum atomic E-state index is 12.8. The number of benzene rings is 2. The van der Waals surface area contributed by atoms with Crippen molar-refractivity contribution < 1.29 is 14.3 Å². The highest BCUT2D eigenvalue weighted by Crippen LogP contribution is 2.26. The van der Waals surface area contributed by atoms with Gasteiger partial charge in [0.1, 0.15) is 5.75 Å². The molecule has 1 heterocycles. The molecule has 0 aliphatic rings. The fourth-order valence-corrected chi connectivity index (χ4v) is 2.87. The number of aryl methyl sites for hydroxylation is 2. The summed E-state index contributed by atoms with van der Waals surface area (Å²) in [6.07, 6.45) is 6.34. The maximum absolute atomic E-state index is 12.8.